The first-order chi connectivity index (χ1) is 23.6. The number of hydrogen-bond acceptors (Lipinski definition) is 7. The summed E-state index contributed by atoms with van der Waals surface area (Å²) < 4.78 is 129. The molecule has 3 N–H and O–H groups in total. The van der Waals surface area contributed by atoms with E-state index < -0.39 is 78.3 Å². The number of carbonyl (C=O) groups excluding carboxylic acids is 1. The number of benzene rings is 2. The summed E-state index contributed by atoms with van der Waals surface area (Å²) in [5, 5.41) is 8.96. The molecule has 0 spiro atoms. The van der Waals surface area contributed by atoms with E-state index in [9.17, 15) is 49.1 Å². The number of carboxylic acids is 1. The summed E-state index contributed by atoms with van der Waals surface area (Å²) in [4.78, 5) is 35.9. The predicted molar refractivity (Wildman–Crippen MR) is 166 cm³/mol. The Morgan fingerprint density at radius 3 is 2.04 bits per heavy atom. The van der Waals surface area contributed by atoms with E-state index in [0.29, 0.717) is 25.2 Å². The number of aliphatic carboxylic acids is 1. The van der Waals surface area contributed by atoms with Crippen molar-refractivity contribution in [3.05, 3.63) is 81.9 Å². The highest BCUT2D eigenvalue weighted by Gasteiger charge is 2.47. The summed E-state index contributed by atoms with van der Waals surface area (Å²) in [6.07, 6.45) is -16.3. The summed E-state index contributed by atoms with van der Waals surface area (Å²) in [5.74, 6) is -2.58. The Morgan fingerprint density at radius 1 is 0.941 bits per heavy atom. The number of halogens is 9. The van der Waals surface area contributed by atoms with Crippen LogP contribution in [0.1, 0.15) is 85.3 Å². The number of nitrogens with zero attached hydrogens (tertiary/aromatic N) is 4. The van der Waals surface area contributed by atoms with Gasteiger partial charge < -0.3 is 20.5 Å². The van der Waals surface area contributed by atoms with Gasteiger partial charge in [-0.25, -0.2) is 14.8 Å². The summed E-state index contributed by atoms with van der Waals surface area (Å²) in [5.41, 5.74) is 0.556. The smallest absolute Gasteiger partial charge is 0.416 e. The Labute approximate surface area is 286 Å². The fraction of sp³-hybridized carbons (Fsp3) is 0.455. The van der Waals surface area contributed by atoms with E-state index in [-0.39, 0.29) is 52.9 Å². The first kappa shape index (κ1) is 39.2. The third-order valence-electron chi connectivity index (χ3n) is 8.61. The first-order valence-electron chi connectivity index (χ1n) is 15.7. The molecule has 1 aliphatic heterocycles. The molecule has 0 fully saturated rings. The van der Waals surface area contributed by atoms with E-state index in [2.05, 4.69) is 9.97 Å². The van der Waals surface area contributed by atoms with E-state index in [1.807, 2.05) is 0 Å². The highest BCUT2D eigenvalue weighted by Crippen LogP contribution is 2.48. The minimum absolute atomic E-state index is 0.000644. The van der Waals surface area contributed by atoms with Crippen LogP contribution in [0.3, 0.4) is 0 Å². The number of anilines is 2. The molecule has 9 nitrogen and oxygen atoms in total. The first-order valence-corrected chi connectivity index (χ1v) is 15.7. The normalized spacial score (nSPS) is 18.0. The monoisotopic (exact) mass is 735 g/mol. The number of rotatable bonds is 10. The quantitative estimate of drug-likeness (QED) is 0.201. The standard InChI is InChI=1S/C33H34F9N5O4/c1-4-30(43)16-23(22-15-19(31(34,35)36)7-8-25(22)47(30)29(50)51-10-9-27(48)49)28-44-17-26(46(5-2)6-3)24(45-28)13-18-11-20(32(37,38)39)14-21(12-18)33(40,41)42/h7-8,11-12,14-15,17,23H,4-6,9-10,13,16,43H2,1-3H3,(H,48,49)/t23-,30+/m0/s1. The molecule has 1 amide bonds. The van der Waals surface area contributed by atoms with Crippen LogP contribution >= 0.6 is 0 Å². The summed E-state index contributed by atoms with van der Waals surface area (Å²) >= 11 is 0. The van der Waals surface area contributed by atoms with Crippen LogP contribution in [0, 0.1) is 0 Å². The topological polar surface area (TPSA) is 122 Å². The van der Waals surface area contributed by atoms with E-state index >= 15 is 0 Å². The van der Waals surface area contributed by atoms with Gasteiger partial charge in [-0.05, 0) is 74.2 Å². The molecule has 0 radical (unpaired) electrons. The van der Waals surface area contributed by atoms with Crippen molar-refractivity contribution in [2.24, 2.45) is 5.73 Å². The minimum Gasteiger partial charge on any atom is -0.481 e. The number of carbonyl (C=O) groups is 2. The lowest BCUT2D eigenvalue weighted by atomic mass is 9.80. The molecule has 0 bridgehead atoms. The Hall–Kier alpha value is -4.61. The second kappa shape index (κ2) is 14.6. The molecule has 2 aromatic carbocycles. The molecule has 2 heterocycles. The Kier molecular flexibility index (Phi) is 11.2. The fourth-order valence-corrected chi connectivity index (χ4v) is 5.98. The molecular formula is C33H34F9N5O4. The van der Waals surface area contributed by atoms with Crippen molar-refractivity contribution in [1.82, 2.24) is 9.97 Å². The molecule has 278 valence electrons. The van der Waals surface area contributed by atoms with Crippen molar-refractivity contribution >= 4 is 23.4 Å². The van der Waals surface area contributed by atoms with Gasteiger partial charge in [-0.3, -0.25) is 9.69 Å². The van der Waals surface area contributed by atoms with Crippen molar-refractivity contribution in [3.8, 4) is 0 Å². The van der Waals surface area contributed by atoms with Gasteiger partial charge in [-0.2, -0.15) is 39.5 Å². The molecule has 1 aliphatic rings. The summed E-state index contributed by atoms with van der Waals surface area (Å²) in [6, 6.07) is 3.65. The van der Waals surface area contributed by atoms with Gasteiger partial charge in [0.25, 0.3) is 0 Å². The zero-order chi connectivity index (χ0) is 38.1. The molecule has 0 saturated carbocycles. The van der Waals surface area contributed by atoms with E-state index in [4.69, 9.17) is 15.6 Å². The number of fused-ring (bicyclic) bond motifs is 1. The van der Waals surface area contributed by atoms with Gasteiger partial charge >= 0.3 is 30.6 Å². The maximum Gasteiger partial charge on any atom is 0.416 e. The molecule has 2 atom stereocenters. The van der Waals surface area contributed by atoms with Gasteiger partial charge in [0.05, 0.1) is 46.4 Å². The minimum atomic E-state index is -5.11. The van der Waals surface area contributed by atoms with E-state index in [1.54, 1.807) is 25.7 Å². The third-order valence-corrected chi connectivity index (χ3v) is 8.61. The van der Waals surface area contributed by atoms with E-state index in [0.717, 1.165) is 23.1 Å². The molecule has 3 aromatic rings. The SMILES string of the molecule is CCN(CC)c1cnc([C@H]2C[C@@](N)(CC)N(C(=O)OCCC(=O)O)c3ccc(C(F)(F)F)cc32)nc1Cc1cc(C(F)(F)F)cc(C(F)(F)F)c1. The number of aromatic nitrogens is 2. The number of ether oxygens (including phenoxy) is 1. The van der Waals surface area contributed by atoms with Crippen LogP contribution in [0.4, 0.5) is 55.7 Å². The van der Waals surface area contributed by atoms with Gasteiger partial charge in [0.15, 0.2) is 0 Å². The zero-order valence-corrected chi connectivity index (χ0v) is 27.5. The lowest BCUT2D eigenvalue weighted by Crippen LogP contribution is -2.61. The van der Waals surface area contributed by atoms with Crippen molar-refractivity contribution in [3.63, 3.8) is 0 Å². The van der Waals surface area contributed by atoms with Crippen LogP contribution < -0.4 is 15.5 Å². The van der Waals surface area contributed by atoms with Crippen molar-refractivity contribution < 1.29 is 58.9 Å². The third kappa shape index (κ3) is 8.65. The highest BCUT2D eigenvalue weighted by molar-refractivity contribution is 5.91. The lowest BCUT2D eigenvalue weighted by Gasteiger charge is -2.46. The van der Waals surface area contributed by atoms with Gasteiger partial charge in [-0.15, -0.1) is 0 Å². The van der Waals surface area contributed by atoms with Crippen molar-refractivity contribution in [2.45, 2.75) is 76.6 Å². The number of carboxylic acid groups (broad SMARTS) is 1. The van der Waals surface area contributed by atoms with Crippen LogP contribution in [0.15, 0.2) is 42.6 Å². The van der Waals surface area contributed by atoms with Crippen molar-refractivity contribution in [1.29, 1.82) is 0 Å². The lowest BCUT2D eigenvalue weighted by molar-refractivity contribution is -0.143. The maximum absolute atomic E-state index is 14.0. The number of amides is 1. The number of hydrogen-bond donors (Lipinski definition) is 2. The molecule has 0 saturated heterocycles. The van der Waals surface area contributed by atoms with Gasteiger partial charge in [0.2, 0.25) is 0 Å². The van der Waals surface area contributed by atoms with Crippen LogP contribution in [0.5, 0.6) is 0 Å². The van der Waals surface area contributed by atoms with Gasteiger partial charge in [0, 0.05) is 25.4 Å². The van der Waals surface area contributed by atoms with Crippen LogP contribution in [0.2, 0.25) is 0 Å². The molecular weight excluding hydrogens is 701 g/mol. The maximum atomic E-state index is 14.0. The second-order valence-corrected chi connectivity index (χ2v) is 11.9. The van der Waals surface area contributed by atoms with Crippen molar-refractivity contribution in [2.75, 3.05) is 29.5 Å². The average Bonchev–Trinajstić information content (AvgIpc) is 3.03. The second-order valence-electron chi connectivity index (χ2n) is 11.9. The summed E-state index contributed by atoms with van der Waals surface area (Å²) in [7, 11) is 0. The van der Waals surface area contributed by atoms with Crippen LogP contribution in [0.25, 0.3) is 0 Å². The highest BCUT2D eigenvalue weighted by atomic mass is 19.4. The largest absolute Gasteiger partial charge is 0.481 e. The van der Waals surface area contributed by atoms with E-state index in [1.165, 1.54) is 6.20 Å². The molecule has 18 heteroatoms. The van der Waals surface area contributed by atoms with Crippen LogP contribution in [-0.4, -0.2) is 52.5 Å². The molecule has 1 aromatic heterocycles. The van der Waals surface area contributed by atoms with Gasteiger partial charge in [-0.1, -0.05) is 6.92 Å². The van der Waals surface area contributed by atoms with Gasteiger partial charge in [0.1, 0.15) is 18.1 Å². The molecule has 4 rings (SSSR count). The fourth-order valence-electron chi connectivity index (χ4n) is 5.98. The summed E-state index contributed by atoms with van der Waals surface area (Å²) in [6.45, 7) is 5.20. The predicted octanol–water partition coefficient (Wildman–Crippen LogP) is 7.99. The zero-order valence-electron chi connectivity index (χ0n) is 27.5. The average molecular weight is 736 g/mol. The number of alkyl halides is 9. The Morgan fingerprint density at radius 2 is 1.53 bits per heavy atom. The molecule has 0 aliphatic carbocycles. The Balaban J connectivity index is 1.93. The Bertz CT molecular complexity index is 1730. The molecule has 51 heavy (non-hydrogen) atoms. The van der Waals surface area contributed by atoms with Crippen LogP contribution in [-0.2, 0) is 34.5 Å². The molecule has 0 unspecified atom stereocenters. The number of nitrogens with two attached hydrogens (primary N) is 1.